The van der Waals surface area contributed by atoms with Crippen LogP contribution >= 0.6 is 0 Å². The highest BCUT2D eigenvalue weighted by Crippen LogP contribution is 2.17. The maximum absolute atomic E-state index is 4.08. The molecule has 0 unspecified atom stereocenters. The second-order valence-corrected chi connectivity index (χ2v) is 3.47. The van der Waals surface area contributed by atoms with Crippen molar-refractivity contribution in [1.29, 1.82) is 0 Å². The molecule has 0 heterocycles. The Kier molecular flexibility index (Phi) is 6.30. The minimum Gasteiger partial charge on any atom is -0.0956 e. The molecule has 0 amide bonds. The molecule has 0 N–H and O–H groups in total. The Morgan fingerprint density at radius 3 is 2.31 bits per heavy atom. The molecule has 0 aromatic carbocycles. The fourth-order valence-electron chi connectivity index (χ4n) is 1.19. The van der Waals surface area contributed by atoms with Crippen molar-refractivity contribution in [2.45, 2.75) is 47.0 Å². The molecular weight excluding hydrogens is 156 g/mol. The molecule has 0 fully saturated rings. The van der Waals surface area contributed by atoms with Gasteiger partial charge in [0.1, 0.15) is 0 Å². The maximum atomic E-state index is 4.08. The summed E-state index contributed by atoms with van der Waals surface area (Å²) < 4.78 is 0. The van der Waals surface area contributed by atoms with Gasteiger partial charge in [-0.25, -0.2) is 0 Å². The first-order valence-corrected chi connectivity index (χ1v) is 5.15. The summed E-state index contributed by atoms with van der Waals surface area (Å²) in [6.07, 6.45) is 7.78. The van der Waals surface area contributed by atoms with Crippen molar-refractivity contribution in [2.75, 3.05) is 0 Å². The molecule has 74 valence electrons. The molecule has 0 spiro atoms. The summed E-state index contributed by atoms with van der Waals surface area (Å²) in [5, 5.41) is 0. The van der Waals surface area contributed by atoms with E-state index in [-0.39, 0.29) is 0 Å². The lowest BCUT2D eigenvalue weighted by Gasteiger charge is -2.06. The summed E-state index contributed by atoms with van der Waals surface area (Å²) in [6.45, 7) is 12.7. The van der Waals surface area contributed by atoms with E-state index in [0.29, 0.717) is 0 Å². The second-order valence-electron chi connectivity index (χ2n) is 3.47. The summed E-state index contributed by atoms with van der Waals surface area (Å²) in [5.74, 6) is 0. The Morgan fingerprint density at radius 2 is 1.85 bits per heavy atom. The van der Waals surface area contributed by atoms with Gasteiger partial charge in [-0.1, -0.05) is 44.6 Å². The molecule has 0 aliphatic heterocycles. The van der Waals surface area contributed by atoms with E-state index < -0.39 is 0 Å². The van der Waals surface area contributed by atoms with Crippen LogP contribution in [0.4, 0.5) is 0 Å². The van der Waals surface area contributed by atoms with Gasteiger partial charge < -0.3 is 0 Å². The predicted molar refractivity (Wildman–Crippen MR) is 61.9 cm³/mol. The minimum atomic E-state index is 1.10. The summed E-state index contributed by atoms with van der Waals surface area (Å²) in [4.78, 5) is 0. The Morgan fingerprint density at radius 1 is 1.23 bits per heavy atom. The largest absolute Gasteiger partial charge is 0.0956 e. The van der Waals surface area contributed by atoms with Crippen molar-refractivity contribution in [3.8, 4) is 0 Å². The van der Waals surface area contributed by atoms with Crippen LogP contribution in [-0.2, 0) is 0 Å². The Hall–Kier alpha value is -0.780. The Balaban J connectivity index is 4.41. The first kappa shape index (κ1) is 12.2. The van der Waals surface area contributed by atoms with Crippen LogP contribution in [0.5, 0.6) is 0 Å². The van der Waals surface area contributed by atoms with Gasteiger partial charge in [0, 0.05) is 0 Å². The highest BCUT2D eigenvalue weighted by molar-refractivity contribution is 5.35. The van der Waals surface area contributed by atoms with E-state index in [4.69, 9.17) is 0 Å². The standard InChI is InChI=1S/C13H22/c1-6-8-10-12(4)13(5)11(3)9-7-2/h8,10H,3,6-7,9H2,1-2,4-5H3/b10-8-,13-12+. The van der Waals surface area contributed by atoms with Crippen molar-refractivity contribution in [3.05, 3.63) is 35.5 Å². The monoisotopic (exact) mass is 178 g/mol. The average Bonchev–Trinajstić information content (AvgIpc) is 2.13. The Bertz CT molecular complexity index is 216. The van der Waals surface area contributed by atoms with Crippen LogP contribution in [0.3, 0.4) is 0 Å². The van der Waals surface area contributed by atoms with Crippen LogP contribution in [0.2, 0.25) is 0 Å². The molecule has 0 saturated carbocycles. The summed E-state index contributed by atoms with van der Waals surface area (Å²) >= 11 is 0. The zero-order valence-electron chi connectivity index (χ0n) is 9.48. The number of hydrogen-bond donors (Lipinski definition) is 0. The van der Waals surface area contributed by atoms with Crippen molar-refractivity contribution < 1.29 is 0 Å². The summed E-state index contributed by atoms with van der Waals surface area (Å²) in [7, 11) is 0. The molecule has 0 heteroatoms. The first-order valence-electron chi connectivity index (χ1n) is 5.15. The third-order valence-electron chi connectivity index (χ3n) is 2.28. The van der Waals surface area contributed by atoms with Crippen molar-refractivity contribution >= 4 is 0 Å². The van der Waals surface area contributed by atoms with Crippen LogP contribution in [0.15, 0.2) is 35.5 Å². The van der Waals surface area contributed by atoms with Crippen molar-refractivity contribution in [3.63, 3.8) is 0 Å². The SMILES string of the molecule is C=C(CCC)/C(C)=C(C)/C=C\CC. The molecule has 0 atom stereocenters. The van der Waals surface area contributed by atoms with Crippen LogP contribution in [0.1, 0.15) is 47.0 Å². The minimum absolute atomic E-state index is 1.10. The third kappa shape index (κ3) is 4.72. The first-order chi connectivity index (χ1) is 6.13. The maximum Gasteiger partial charge on any atom is -0.0285 e. The van der Waals surface area contributed by atoms with E-state index in [2.05, 4.69) is 46.4 Å². The highest BCUT2D eigenvalue weighted by Gasteiger charge is 1.97. The van der Waals surface area contributed by atoms with Crippen molar-refractivity contribution in [1.82, 2.24) is 0 Å². The van der Waals surface area contributed by atoms with Gasteiger partial charge in [-0.2, -0.15) is 0 Å². The lowest BCUT2D eigenvalue weighted by molar-refractivity contribution is 0.912. The molecular formula is C13H22. The van der Waals surface area contributed by atoms with Crippen molar-refractivity contribution in [2.24, 2.45) is 0 Å². The molecule has 0 radical (unpaired) electrons. The van der Waals surface area contributed by atoms with E-state index in [0.717, 1.165) is 12.8 Å². The number of rotatable bonds is 5. The van der Waals surface area contributed by atoms with Crippen LogP contribution in [0.25, 0.3) is 0 Å². The molecule has 0 bridgehead atoms. The van der Waals surface area contributed by atoms with Gasteiger partial charge in [0.05, 0.1) is 0 Å². The number of hydrogen-bond acceptors (Lipinski definition) is 0. The van der Waals surface area contributed by atoms with Crippen LogP contribution < -0.4 is 0 Å². The fraction of sp³-hybridized carbons (Fsp3) is 0.538. The van der Waals surface area contributed by atoms with Gasteiger partial charge >= 0.3 is 0 Å². The average molecular weight is 178 g/mol. The van der Waals surface area contributed by atoms with Gasteiger partial charge in [-0.3, -0.25) is 0 Å². The lowest BCUT2D eigenvalue weighted by atomic mass is 10.00. The zero-order chi connectivity index (χ0) is 10.3. The molecule has 13 heavy (non-hydrogen) atoms. The van der Waals surface area contributed by atoms with E-state index in [1.807, 2.05) is 0 Å². The third-order valence-corrected chi connectivity index (χ3v) is 2.28. The molecule has 0 rings (SSSR count). The smallest absolute Gasteiger partial charge is 0.0285 e. The Labute approximate surface area is 83.0 Å². The fourth-order valence-corrected chi connectivity index (χ4v) is 1.19. The summed E-state index contributed by atoms with van der Waals surface area (Å²) in [5.41, 5.74) is 3.98. The molecule has 0 aromatic rings. The number of allylic oxidation sites excluding steroid dienone is 5. The van der Waals surface area contributed by atoms with Gasteiger partial charge in [-0.05, 0) is 37.8 Å². The van der Waals surface area contributed by atoms with Gasteiger partial charge in [0.25, 0.3) is 0 Å². The second kappa shape index (κ2) is 6.71. The molecule has 0 aromatic heterocycles. The van der Waals surface area contributed by atoms with E-state index >= 15 is 0 Å². The van der Waals surface area contributed by atoms with Gasteiger partial charge in [-0.15, -0.1) is 0 Å². The quantitative estimate of drug-likeness (QED) is 0.538. The summed E-state index contributed by atoms with van der Waals surface area (Å²) in [6, 6.07) is 0. The molecule has 0 aliphatic rings. The zero-order valence-corrected chi connectivity index (χ0v) is 9.48. The normalized spacial score (nSPS) is 13.2. The lowest BCUT2D eigenvalue weighted by Crippen LogP contribution is -1.86. The van der Waals surface area contributed by atoms with E-state index in [1.165, 1.54) is 23.1 Å². The van der Waals surface area contributed by atoms with E-state index in [1.54, 1.807) is 0 Å². The van der Waals surface area contributed by atoms with Gasteiger partial charge in [0.2, 0.25) is 0 Å². The topological polar surface area (TPSA) is 0 Å². The molecule has 0 aliphatic carbocycles. The molecule has 0 saturated heterocycles. The molecule has 0 nitrogen and oxygen atoms in total. The van der Waals surface area contributed by atoms with Gasteiger partial charge in [0.15, 0.2) is 0 Å². The van der Waals surface area contributed by atoms with E-state index in [9.17, 15) is 0 Å². The highest BCUT2D eigenvalue weighted by atomic mass is 14.0. The van der Waals surface area contributed by atoms with Crippen LogP contribution in [0, 0.1) is 0 Å². The van der Waals surface area contributed by atoms with Crippen LogP contribution in [-0.4, -0.2) is 0 Å². The predicted octanol–water partition coefficient (Wildman–Crippen LogP) is 4.65.